The van der Waals surface area contributed by atoms with Crippen molar-refractivity contribution in [3.05, 3.63) is 24.3 Å². The molecule has 1 unspecified atom stereocenters. The van der Waals surface area contributed by atoms with E-state index in [0.717, 1.165) is 11.4 Å². The van der Waals surface area contributed by atoms with Crippen LogP contribution in [0.5, 0.6) is 5.75 Å². The third kappa shape index (κ3) is 3.54. The lowest BCUT2D eigenvalue weighted by molar-refractivity contribution is -0.126. The summed E-state index contributed by atoms with van der Waals surface area (Å²) in [5, 5.41) is 2.80. The predicted molar refractivity (Wildman–Crippen MR) is 81.3 cm³/mol. The highest BCUT2D eigenvalue weighted by Gasteiger charge is 2.32. The summed E-state index contributed by atoms with van der Waals surface area (Å²) < 4.78 is 5.41. The standard InChI is InChI=1S/C16H22N2O3/c1-4-21-13-7-5-12(6-8-13)18-10-9-14(19)17-15(11(2)3)16(18)20/h5-8,11,15H,4,9-10H2,1-3H3,(H,17,19). The van der Waals surface area contributed by atoms with E-state index >= 15 is 0 Å². The van der Waals surface area contributed by atoms with E-state index in [1.807, 2.05) is 45.0 Å². The van der Waals surface area contributed by atoms with E-state index < -0.39 is 6.04 Å². The third-order valence-electron chi connectivity index (χ3n) is 3.54. The van der Waals surface area contributed by atoms with Gasteiger partial charge in [0.1, 0.15) is 11.8 Å². The summed E-state index contributed by atoms with van der Waals surface area (Å²) in [4.78, 5) is 26.1. The zero-order valence-corrected chi connectivity index (χ0v) is 12.8. The van der Waals surface area contributed by atoms with E-state index in [9.17, 15) is 9.59 Å². The second-order valence-corrected chi connectivity index (χ2v) is 5.46. The number of carbonyl (C=O) groups excluding carboxylic acids is 2. The van der Waals surface area contributed by atoms with Gasteiger partial charge >= 0.3 is 0 Å². The first-order valence-electron chi connectivity index (χ1n) is 7.36. The van der Waals surface area contributed by atoms with Crippen molar-refractivity contribution in [2.75, 3.05) is 18.1 Å². The molecule has 1 aliphatic heterocycles. The Bertz CT molecular complexity index is 511. The van der Waals surface area contributed by atoms with Crippen LogP contribution in [0.2, 0.25) is 0 Å². The molecule has 1 N–H and O–H groups in total. The van der Waals surface area contributed by atoms with Gasteiger partial charge in [0.15, 0.2) is 0 Å². The molecule has 1 atom stereocenters. The van der Waals surface area contributed by atoms with Gasteiger partial charge in [0, 0.05) is 18.7 Å². The molecule has 0 bridgehead atoms. The number of nitrogens with one attached hydrogen (secondary N) is 1. The maximum absolute atomic E-state index is 12.6. The lowest BCUT2D eigenvalue weighted by Crippen LogP contribution is -2.47. The van der Waals surface area contributed by atoms with E-state index in [-0.39, 0.29) is 17.7 Å². The molecular formula is C16H22N2O3. The van der Waals surface area contributed by atoms with Crippen molar-refractivity contribution in [2.24, 2.45) is 5.92 Å². The van der Waals surface area contributed by atoms with E-state index in [1.54, 1.807) is 4.90 Å². The summed E-state index contributed by atoms with van der Waals surface area (Å²) in [6.45, 7) is 6.81. The molecule has 2 rings (SSSR count). The van der Waals surface area contributed by atoms with Gasteiger partial charge in [0.05, 0.1) is 6.61 Å². The number of ether oxygens (including phenoxy) is 1. The molecule has 1 fully saturated rings. The summed E-state index contributed by atoms with van der Waals surface area (Å²) in [6, 6.07) is 6.94. The monoisotopic (exact) mass is 290 g/mol. The molecule has 0 radical (unpaired) electrons. The van der Waals surface area contributed by atoms with E-state index in [4.69, 9.17) is 4.74 Å². The number of nitrogens with zero attached hydrogens (tertiary/aromatic N) is 1. The summed E-state index contributed by atoms with van der Waals surface area (Å²) in [7, 11) is 0. The smallest absolute Gasteiger partial charge is 0.249 e. The van der Waals surface area contributed by atoms with Crippen molar-refractivity contribution < 1.29 is 14.3 Å². The molecule has 1 aromatic rings. The minimum Gasteiger partial charge on any atom is -0.494 e. The SMILES string of the molecule is CCOc1ccc(N2CCC(=O)NC(C(C)C)C2=O)cc1. The van der Waals surface area contributed by atoms with Crippen LogP contribution in [0.15, 0.2) is 24.3 Å². The molecule has 0 aromatic heterocycles. The number of rotatable bonds is 4. The molecule has 0 saturated carbocycles. The largest absolute Gasteiger partial charge is 0.494 e. The molecule has 114 valence electrons. The van der Waals surface area contributed by atoms with Crippen LogP contribution in [-0.2, 0) is 9.59 Å². The number of amides is 2. The Morgan fingerprint density at radius 1 is 1.29 bits per heavy atom. The fraction of sp³-hybridized carbons (Fsp3) is 0.500. The third-order valence-corrected chi connectivity index (χ3v) is 3.54. The molecule has 0 aliphatic carbocycles. The van der Waals surface area contributed by atoms with E-state index in [2.05, 4.69) is 5.32 Å². The predicted octanol–water partition coefficient (Wildman–Crippen LogP) is 1.96. The summed E-state index contributed by atoms with van der Waals surface area (Å²) in [5.74, 6) is 0.707. The number of anilines is 1. The minimum absolute atomic E-state index is 0.0555. The van der Waals surface area contributed by atoms with Gasteiger partial charge in [-0.2, -0.15) is 0 Å². The van der Waals surface area contributed by atoms with Gasteiger partial charge in [-0.15, -0.1) is 0 Å². The topological polar surface area (TPSA) is 58.6 Å². The van der Waals surface area contributed by atoms with Crippen molar-refractivity contribution in [3.8, 4) is 5.75 Å². The summed E-state index contributed by atoms with van der Waals surface area (Å²) in [6.07, 6.45) is 0.322. The highest BCUT2D eigenvalue weighted by Crippen LogP contribution is 2.23. The van der Waals surface area contributed by atoms with Gasteiger partial charge in [0.25, 0.3) is 0 Å². The molecule has 0 spiro atoms. The first kappa shape index (κ1) is 15.4. The van der Waals surface area contributed by atoms with Gasteiger partial charge in [-0.05, 0) is 37.1 Å². The van der Waals surface area contributed by atoms with Crippen LogP contribution in [0.4, 0.5) is 5.69 Å². The molecular weight excluding hydrogens is 268 g/mol. The minimum atomic E-state index is -0.466. The normalized spacial score (nSPS) is 19.4. The molecule has 1 aromatic carbocycles. The lowest BCUT2D eigenvalue weighted by atomic mass is 10.0. The molecule has 1 heterocycles. The molecule has 5 nitrogen and oxygen atoms in total. The van der Waals surface area contributed by atoms with Crippen LogP contribution in [0.25, 0.3) is 0 Å². The van der Waals surface area contributed by atoms with Gasteiger partial charge in [-0.3, -0.25) is 9.59 Å². The number of carbonyl (C=O) groups is 2. The second kappa shape index (κ2) is 6.61. The Balaban J connectivity index is 2.23. The van der Waals surface area contributed by atoms with Crippen molar-refractivity contribution in [2.45, 2.75) is 33.2 Å². The molecule has 1 saturated heterocycles. The number of benzene rings is 1. The maximum Gasteiger partial charge on any atom is 0.249 e. The Hall–Kier alpha value is -2.04. The van der Waals surface area contributed by atoms with E-state index in [0.29, 0.717) is 19.6 Å². The van der Waals surface area contributed by atoms with Crippen molar-refractivity contribution in [1.82, 2.24) is 5.32 Å². The van der Waals surface area contributed by atoms with Gasteiger partial charge in [0.2, 0.25) is 11.8 Å². The van der Waals surface area contributed by atoms with Crippen LogP contribution in [0, 0.1) is 5.92 Å². The Labute approximate surface area is 125 Å². The first-order valence-corrected chi connectivity index (χ1v) is 7.36. The molecule has 5 heteroatoms. The van der Waals surface area contributed by atoms with Crippen molar-refractivity contribution in [3.63, 3.8) is 0 Å². The average molecular weight is 290 g/mol. The highest BCUT2D eigenvalue weighted by molar-refractivity contribution is 6.01. The Morgan fingerprint density at radius 2 is 1.95 bits per heavy atom. The van der Waals surface area contributed by atoms with Crippen LogP contribution in [0.1, 0.15) is 27.2 Å². The van der Waals surface area contributed by atoms with Crippen LogP contribution in [0.3, 0.4) is 0 Å². The van der Waals surface area contributed by atoms with Gasteiger partial charge in [-0.1, -0.05) is 13.8 Å². The second-order valence-electron chi connectivity index (χ2n) is 5.46. The fourth-order valence-electron chi connectivity index (χ4n) is 2.40. The quantitative estimate of drug-likeness (QED) is 0.922. The Morgan fingerprint density at radius 3 is 2.52 bits per heavy atom. The fourth-order valence-corrected chi connectivity index (χ4v) is 2.40. The maximum atomic E-state index is 12.6. The summed E-state index contributed by atoms with van der Waals surface area (Å²) in [5.41, 5.74) is 0.797. The van der Waals surface area contributed by atoms with Gasteiger partial charge < -0.3 is 15.0 Å². The zero-order valence-electron chi connectivity index (χ0n) is 12.8. The zero-order chi connectivity index (χ0) is 15.4. The average Bonchev–Trinajstić information content (AvgIpc) is 2.60. The van der Waals surface area contributed by atoms with Crippen LogP contribution < -0.4 is 15.0 Å². The first-order chi connectivity index (χ1) is 10.0. The Kier molecular flexibility index (Phi) is 4.83. The number of hydrogen-bond acceptors (Lipinski definition) is 3. The number of hydrogen-bond donors (Lipinski definition) is 1. The summed E-state index contributed by atoms with van der Waals surface area (Å²) >= 11 is 0. The van der Waals surface area contributed by atoms with Crippen molar-refractivity contribution in [1.29, 1.82) is 0 Å². The van der Waals surface area contributed by atoms with E-state index in [1.165, 1.54) is 0 Å². The highest BCUT2D eigenvalue weighted by atomic mass is 16.5. The molecule has 1 aliphatic rings. The lowest BCUT2D eigenvalue weighted by Gasteiger charge is -2.26. The van der Waals surface area contributed by atoms with Crippen molar-refractivity contribution >= 4 is 17.5 Å². The molecule has 21 heavy (non-hydrogen) atoms. The van der Waals surface area contributed by atoms with Gasteiger partial charge in [-0.25, -0.2) is 0 Å². The van der Waals surface area contributed by atoms with Crippen LogP contribution in [-0.4, -0.2) is 31.0 Å². The molecule has 2 amide bonds. The van der Waals surface area contributed by atoms with Crippen LogP contribution >= 0.6 is 0 Å².